The van der Waals surface area contributed by atoms with E-state index >= 15 is 0 Å². The summed E-state index contributed by atoms with van der Waals surface area (Å²) in [5.41, 5.74) is 0. The summed E-state index contributed by atoms with van der Waals surface area (Å²) in [5, 5.41) is 10.1. The van der Waals surface area contributed by atoms with Gasteiger partial charge in [0, 0.05) is 0 Å². The van der Waals surface area contributed by atoms with E-state index in [-0.39, 0.29) is 12.2 Å². The Morgan fingerprint density at radius 1 is 1.06 bits per heavy atom. The van der Waals surface area contributed by atoms with Crippen molar-refractivity contribution in [3.63, 3.8) is 0 Å². The summed E-state index contributed by atoms with van der Waals surface area (Å²) in [7, 11) is 0. The Kier molecular flexibility index (Phi) is 4.86. The predicted octanol–water partition coefficient (Wildman–Crippen LogP) is 3.91. The normalized spacial score (nSPS) is 26.0. The molecule has 17 heavy (non-hydrogen) atoms. The largest absolute Gasteiger partial charge is 0.487 e. The summed E-state index contributed by atoms with van der Waals surface area (Å²) in [6.45, 7) is 0. The van der Waals surface area contributed by atoms with E-state index in [2.05, 4.69) is 15.9 Å². The molecule has 1 aromatic rings. The molecule has 0 radical (unpaired) electrons. The molecule has 2 rings (SSSR count). The standard InChI is InChI=1S/C14H19BrO2/c15-11-7-5-6-9-13(11)17-14-10-4-2-1-3-8-12(14)16/h5-7,9,12,14,16H,1-4,8,10H2. The molecule has 2 nitrogen and oxygen atoms in total. The summed E-state index contributed by atoms with van der Waals surface area (Å²) in [5.74, 6) is 0.831. The summed E-state index contributed by atoms with van der Waals surface area (Å²) in [4.78, 5) is 0. The van der Waals surface area contributed by atoms with Crippen molar-refractivity contribution in [2.75, 3.05) is 0 Å². The molecule has 1 fully saturated rings. The van der Waals surface area contributed by atoms with E-state index in [1.54, 1.807) is 0 Å². The third-order valence-corrected chi connectivity index (χ3v) is 3.94. The van der Waals surface area contributed by atoms with Crippen LogP contribution in [0.1, 0.15) is 38.5 Å². The number of benzene rings is 1. The fourth-order valence-corrected chi connectivity index (χ4v) is 2.65. The second-order valence-electron chi connectivity index (χ2n) is 4.65. The molecule has 3 heteroatoms. The molecule has 1 aliphatic carbocycles. The molecule has 2 atom stereocenters. The Bertz CT molecular complexity index is 354. The third kappa shape index (κ3) is 3.71. The van der Waals surface area contributed by atoms with Gasteiger partial charge in [0.1, 0.15) is 11.9 Å². The van der Waals surface area contributed by atoms with Crippen LogP contribution in [-0.4, -0.2) is 17.3 Å². The summed E-state index contributed by atoms with van der Waals surface area (Å²) < 4.78 is 6.89. The van der Waals surface area contributed by atoms with Gasteiger partial charge in [-0.3, -0.25) is 0 Å². The number of rotatable bonds is 2. The fraction of sp³-hybridized carbons (Fsp3) is 0.571. The van der Waals surface area contributed by atoms with Gasteiger partial charge in [-0.1, -0.05) is 31.4 Å². The maximum Gasteiger partial charge on any atom is 0.134 e. The van der Waals surface area contributed by atoms with Crippen molar-refractivity contribution in [2.45, 2.75) is 50.7 Å². The maximum absolute atomic E-state index is 10.1. The van der Waals surface area contributed by atoms with Crippen LogP contribution in [0.4, 0.5) is 0 Å². The van der Waals surface area contributed by atoms with Crippen molar-refractivity contribution >= 4 is 15.9 Å². The number of para-hydroxylation sites is 1. The smallest absolute Gasteiger partial charge is 0.134 e. The van der Waals surface area contributed by atoms with Crippen molar-refractivity contribution in [3.8, 4) is 5.75 Å². The highest BCUT2D eigenvalue weighted by Crippen LogP contribution is 2.28. The predicted molar refractivity (Wildman–Crippen MR) is 72.3 cm³/mol. The lowest BCUT2D eigenvalue weighted by molar-refractivity contribution is 0.0183. The van der Waals surface area contributed by atoms with Gasteiger partial charge < -0.3 is 9.84 Å². The van der Waals surface area contributed by atoms with Gasteiger partial charge >= 0.3 is 0 Å². The minimum atomic E-state index is -0.331. The second kappa shape index (κ2) is 6.41. The number of aliphatic hydroxyl groups excluding tert-OH is 1. The lowest BCUT2D eigenvalue weighted by Crippen LogP contribution is -2.32. The van der Waals surface area contributed by atoms with E-state index in [1.807, 2.05) is 24.3 Å². The molecule has 1 saturated carbocycles. The van der Waals surface area contributed by atoms with Crippen LogP contribution in [-0.2, 0) is 0 Å². The Hall–Kier alpha value is -0.540. The van der Waals surface area contributed by atoms with Gasteiger partial charge in [0.15, 0.2) is 0 Å². The molecule has 0 amide bonds. The molecule has 0 bridgehead atoms. The Morgan fingerprint density at radius 3 is 2.53 bits per heavy atom. The Balaban J connectivity index is 2.02. The summed E-state index contributed by atoms with van der Waals surface area (Å²) in [6.07, 6.45) is 6.15. The molecule has 0 saturated heterocycles. The van der Waals surface area contributed by atoms with Crippen LogP contribution in [0, 0.1) is 0 Å². The SMILES string of the molecule is OC1CCCCCCC1Oc1ccccc1Br. The van der Waals surface area contributed by atoms with Gasteiger partial charge in [-0.15, -0.1) is 0 Å². The summed E-state index contributed by atoms with van der Waals surface area (Å²) >= 11 is 3.47. The lowest BCUT2D eigenvalue weighted by Gasteiger charge is -2.26. The van der Waals surface area contributed by atoms with Gasteiger partial charge in [0.05, 0.1) is 10.6 Å². The van der Waals surface area contributed by atoms with Gasteiger partial charge in [0.2, 0.25) is 0 Å². The van der Waals surface area contributed by atoms with Crippen LogP contribution in [0.25, 0.3) is 0 Å². The minimum absolute atomic E-state index is 0.0611. The highest BCUT2D eigenvalue weighted by molar-refractivity contribution is 9.10. The molecule has 0 aliphatic heterocycles. The van der Waals surface area contributed by atoms with Crippen LogP contribution in [0.5, 0.6) is 5.75 Å². The molecule has 1 aromatic carbocycles. The van der Waals surface area contributed by atoms with Crippen molar-refractivity contribution in [1.29, 1.82) is 0 Å². The molecule has 1 aliphatic rings. The first-order chi connectivity index (χ1) is 8.27. The first kappa shape index (κ1) is 12.9. The van der Waals surface area contributed by atoms with Crippen molar-refractivity contribution in [3.05, 3.63) is 28.7 Å². The Morgan fingerprint density at radius 2 is 1.76 bits per heavy atom. The molecule has 1 N–H and O–H groups in total. The first-order valence-electron chi connectivity index (χ1n) is 6.36. The topological polar surface area (TPSA) is 29.5 Å². The van der Waals surface area contributed by atoms with Crippen molar-refractivity contribution < 1.29 is 9.84 Å². The van der Waals surface area contributed by atoms with Gasteiger partial charge in [-0.05, 0) is 47.3 Å². The molecular weight excluding hydrogens is 280 g/mol. The molecular formula is C14H19BrO2. The first-order valence-corrected chi connectivity index (χ1v) is 7.16. The van der Waals surface area contributed by atoms with E-state index in [9.17, 15) is 5.11 Å². The number of hydrogen-bond acceptors (Lipinski definition) is 2. The van der Waals surface area contributed by atoms with Gasteiger partial charge in [-0.2, -0.15) is 0 Å². The highest BCUT2D eigenvalue weighted by atomic mass is 79.9. The van der Waals surface area contributed by atoms with Crippen LogP contribution in [0.2, 0.25) is 0 Å². The monoisotopic (exact) mass is 298 g/mol. The van der Waals surface area contributed by atoms with Crippen LogP contribution < -0.4 is 4.74 Å². The van der Waals surface area contributed by atoms with E-state index in [0.29, 0.717) is 0 Å². The van der Waals surface area contributed by atoms with Crippen LogP contribution in [0.15, 0.2) is 28.7 Å². The number of halogens is 1. The molecule has 0 spiro atoms. The zero-order chi connectivity index (χ0) is 12.1. The minimum Gasteiger partial charge on any atom is -0.487 e. The molecule has 0 heterocycles. The third-order valence-electron chi connectivity index (χ3n) is 3.28. The van der Waals surface area contributed by atoms with Crippen molar-refractivity contribution in [1.82, 2.24) is 0 Å². The van der Waals surface area contributed by atoms with E-state index in [0.717, 1.165) is 35.9 Å². The van der Waals surface area contributed by atoms with E-state index < -0.39 is 0 Å². The quantitative estimate of drug-likeness (QED) is 0.897. The zero-order valence-corrected chi connectivity index (χ0v) is 11.5. The van der Waals surface area contributed by atoms with Crippen molar-refractivity contribution in [2.24, 2.45) is 0 Å². The molecule has 94 valence electrons. The Labute approximate surface area is 111 Å². The van der Waals surface area contributed by atoms with Crippen LogP contribution >= 0.6 is 15.9 Å². The average molecular weight is 299 g/mol. The maximum atomic E-state index is 10.1. The van der Waals surface area contributed by atoms with E-state index in [4.69, 9.17) is 4.74 Å². The fourth-order valence-electron chi connectivity index (χ4n) is 2.27. The zero-order valence-electron chi connectivity index (χ0n) is 9.94. The van der Waals surface area contributed by atoms with Crippen LogP contribution in [0.3, 0.4) is 0 Å². The number of aliphatic hydroxyl groups is 1. The summed E-state index contributed by atoms with van der Waals surface area (Å²) in [6, 6.07) is 7.82. The lowest BCUT2D eigenvalue weighted by atomic mass is 9.96. The molecule has 2 unspecified atom stereocenters. The molecule has 0 aromatic heterocycles. The van der Waals surface area contributed by atoms with Gasteiger partial charge in [-0.25, -0.2) is 0 Å². The number of ether oxygens (including phenoxy) is 1. The van der Waals surface area contributed by atoms with E-state index in [1.165, 1.54) is 12.8 Å². The second-order valence-corrected chi connectivity index (χ2v) is 5.50. The average Bonchev–Trinajstić information content (AvgIpc) is 2.31. The van der Waals surface area contributed by atoms with Gasteiger partial charge in [0.25, 0.3) is 0 Å². The number of hydrogen-bond donors (Lipinski definition) is 1. The highest BCUT2D eigenvalue weighted by Gasteiger charge is 2.22.